The van der Waals surface area contributed by atoms with Gasteiger partial charge in [0.15, 0.2) is 11.6 Å². The highest BCUT2D eigenvalue weighted by molar-refractivity contribution is 5.90. The maximum Gasteiger partial charge on any atom is 0.338 e. The molecular formula is C17H23N5O2. The van der Waals surface area contributed by atoms with Crippen LogP contribution >= 0.6 is 0 Å². The molecule has 7 heteroatoms. The third kappa shape index (κ3) is 3.92. The molecule has 3 N–H and O–H groups in total. The Hall–Kier alpha value is -2.83. The summed E-state index contributed by atoms with van der Waals surface area (Å²) in [6, 6.07) is 6.96. The topological polar surface area (TPSA) is 93.4 Å². The number of esters is 1. The van der Waals surface area contributed by atoms with Crippen molar-refractivity contribution in [1.29, 1.82) is 0 Å². The van der Waals surface area contributed by atoms with Crippen molar-refractivity contribution in [3.8, 4) is 0 Å². The number of ether oxygens (including phenoxy) is 1. The molecule has 0 aliphatic rings. The number of hydrogen-bond acceptors (Lipinski definition) is 7. The Balaban J connectivity index is 2.19. The molecule has 0 aliphatic carbocycles. The minimum Gasteiger partial charge on any atom is -0.462 e. The van der Waals surface area contributed by atoms with Crippen LogP contribution in [0.1, 0.15) is 31.1 Å². The first-order valence-corrected chi connectivity index (χ1v) is 8.00. The number of rotatable bonds is 7. The van der Waals surface area contributed by atoms with Gasteiger partial charge < -0.3 is 20.7 Å². The summed E-state index contributed by atoms with van der Waals surface area (Å²) < 4.78 is 4.97. The Morgan fingerprint density at radius 2 is 1.83 bits per heavy atom. The molecule has 0 unspecified atom stereocenters. The zero-order valence-electron chi connectivity index (χ0n) is 14.2. The summed E-state index contributed by atoms with van der Waals surface area (Å²) in [5.41, 5.74) is 7.97. The Morgan fingerprint density at radius 3 is 2.42 bits per heavy atom. The largest absolute Gasteiger partial charge is 0.462 e. The monoisotopic (exact) mass is 329 g/mol. The van der Waals surface area contributed by atoms with Crippen molar-refractivity contribution in [3.05, 3.63) is 36.2 Å². The van der Waals surface area contributed by atoms with Crippen molar-refractivity contribution in [1.82, 2.24) is 9.97 Å². The third-order valence-corrected chi connectivity index (χ3v) is 3.58. The van der Waals surface area contributed by atoms with Crippen LogP contribution in [0.2, 0.25) is 0 Å². The minimum absolute atomic E-state index is 0.339. The van der Waals surface area contributed by atoms with Crippen LogP contribution < -0.4 is 16.0 Å². The number of nitrogen functional groups attached to an aromatic ring is 1. The molecule has 0 aliphatic heterocycles. The Kier molecular flexibility index (Phi) is 5.95. The van der Waals surface area contributed by atoms with E-state index in [0.717, 1.165) is 18.8 Å². The van der Waals surface area contributed by atoms with Crippen molar-refractivity contribution in [3.63, 3.8) is 0 Å². The number of carbonyl (C=O) groups is 1. The van der Waals surface area contributed by atoms with Gasteiger partial charge in [0.05, 0.1) is 12.2 Å². The molecule has 0 amide bonds. The molecule has 24 heavy (non-hydrogen) atoms. The lowest BCUT2D eigenvalue weighted by molar-refractivity contribution is 0.0526. The van der Waals surface area contributed by atoms with E-state index in [2.05, 4.69) is 20.2 Å². The minimum atomic E-state index is -0.339. The van der Waals surface area contributed by atoms with E-state index in [1.54, 1.807) is 31.2 Å². The van der Waals surface area contributed by atoms with Gasteiger partial charge in [0.2, 0.25) is 0 Å². The maximum atomic E-state index is 11.7. The number of nitrogens with zero attached hydrogens (tertiary/aromatic N) is 3. The van der Waals surface area contributed by atoms with Gasteiger partial charge in [-0.15, -0.1) is 0 Å². The number of nitrogens with one attached hydrogen (secondary N) is 1. The lowest BCUT2D eigenvalue weighted by Crippen LogP contribution is -2.24. The molecule has 1 heterocycles. The second kappa shape index (κ2) is 8.14. The average Bonchev–Trinajstić information content (AvgIpc) is 2.60. The van der Waals surface area contributed by atoms with Crippen LogP contribution in [0.4, 0.5) is 23.0 Å². The average molecular weight is 329 g/mol. The molecular weight excluding hydrogens is 306 g/mol. The Bertz CT molecular complexity index is 684. The maximum absolute atomic E-state index is 11.7. The fourth-order valence-electron chi connectivity index (χ4n) is 2.30. The molecule has 0 spiro atoms. The van der Waals surface area contributed by atoms with Crippen LogP contribution in [-0.4, -0.2) is 35.6 Å². The number of nitrogens with two attached hydrogens (primary N) is 1. The fraction of sp³-hybridized carbons (Fsp3) is 0.353. The van der Waals surface area contributed by atoms with Crippen molar-refractivity contribution in [2.45, 2.75) is 20.8 Å². The molecule has 1 aromatic carbocycles. The van der Waals surface area contributed by atoms with Crippen molar-refractivity contribution in [2.24, 2.45) is 0 Å². The Labute approximate surface area is 141 Å². The molecule has 1 aromatic heterocycles. The number of anilines is 4. The van der Waals surface area contributed by atoms with Gasteiger partial charge in [0.25, 0.3) is 0 Å². The van der Waals surface area contributed by atoms with Crippen molar-refractivity contribution in [2.75, 3.05) is 35.6 Å². The number of benzene rings is 1. The van der Waals surface area contributed by atoms with E-state index in [1.807, 2.05) is 13.8 Å². The zero-order chi connectivity index (χ0) is 17.5. The van der Waals surface area contributed by atoms with Crippen LogP contribution in [0, 0.1) is 0 Å². The number of carbonyl (C=O) groups excluding carboxylic acids is 1. The fourth-order valence-corrected chi connectivity index (χ4v) is 2.30. The highest BCUT2D eigenvalue weighted by atomic mass is 16.5. The smallest absolute Gasteiger partial charge is 0.338 e. The van der Waals surface area contributed by atoms with E-state index in [-0.39, 0.29) is 5.97 Å². The van der Waals surface area contributed by atoms with E-state index in [0.29, 0.717) is 29.5 Å². The molecule has 0 saturated heterocycles. The Morgan fingerprint density at radius 1 is 1.17 bits per heavy atom. The molecule has 0 saturated carbocycles. The summed E-state index contributed by atoms with van der Waals surface area (Å²) in [6.45, 7) is 7.85. The van der Waals surface area contributed by atoms with Gasteiger partial charge in [0.1, 0.15) is 12.0 Å². The molecule has 2 rings (SSSR count). The highest BCUT2D eigenvalue weighted by Gasteiger charge is 2.13. The summed E-state index contributed by atoms with van der Waals surface area (Å²) in [7, 11) is 0. The second-order valence-electron chi connectivity index (χ2n) is 5.05. The van der Waals surface area contributed by atoms with Gasteiger partial charge in [-0.2, -0.15) is 0 Å². The SMILES string of the molecule is CCOC(=O)c1ccc(Nc2ncnc(N(CC)CC)c2N)cc1. The lowest BCUT2D eigenvalue weighted by atomic mass is 10.2. The highest BCUT2D eigenvalue weighted by Crippen LogP contribution is 2.28. The van der Waals surface area contributed by atoms with Crippen LogP contribution in [0.15, 0.2) is 30.6 Å². The first kappa shape index (κ1) is 17.5. The summed E-state index contributed by atoms with van der Waals surface area (Å²) in [4.78, 5) is 22.2. The van der Waals surface area contributed by atoms with E-state index in [4.69, 9.17) is 10.5 Å². The van der Waals surface area contributed by atoms with Crippen molar-refractivity contribution < 1.29 is 9.53 Å². The van der Waals surface area contributed by atoms with Crippen LogP contribution in [0.25, 0.3) is 0 Å². The number of hydrogen-bond donors (Lipinski definition) is 2. The van der Waals surface area contributed by atoms with Gasteiger partial charge in [-0.05, 0) is 45.0 Å². The molecule has 7 nitrogen and oxygen atoms in total. The van der Waals surface area contributed by atoms with Crippen LogP contribution in [0.3, 0.4) is 0 Å². The molecule has 0 atom stereocenters. The molecule has 2 aromatic rings. The first-order chi connectivity index (χ1) is 11.6. The van der Waals surface area contributed by atoms with Gasteiger partial charge >= 0.3 is 5.97 Å². The zero-order valence-corrected chi connectivity index (χ0v) is 14.2. The van der Waals surface area contributed by atoms with E-state index >= 15 is 0 Å². The van der Waals surface area contributed by atoms with Crippen LogP contribution in [0.5, 0.6) is 0 Å². The number of aromatic nitrogens is 2. The van der Waals surface area contributed by atoms with Gasteiger partial charge in [-0.25, -0.2) is 14.8 Å². The van der Waals surface area contributed by atoms with E-state index in [9.17, 15) is 4.79 Å². The quantitative estimate of drug-likeness (QED) is 0.754. The summed E-state index contributed by atoms with van der Waals surface area (Å²) >= 11 is 0. The lowest BCUT2D eigenvalue weighted by Gasteiger charge is -2.22. The normalized spacial score (nSPS) is 10.3. The van der Waals surface area contributed by atoms with Gasteiger partial charge in [-0.3, -0.25) is 0 Å². The summed E-state index contributed by atoms with van der Waals surface area (Å²) in [5, 5.41) is 3.16. The molecule has 0 fully saturated rings. The molecule has 0 bridgehead atoms. The summed E-state index contributed by atoms with van der Waals surface area (Å²) in [6.07, 6.45) is 1.49. The van der Waals surface area contributed by atoms with Gasteiger partial charge in [0, 0.05) is 18.8 Å². The summed E-state index contributed by atoms with van der Waals surface area (Å²) in [5.74, 6) is 0.908. The van der Waals surface area contributed by atoms with E-state index < -0.39 is 0 Å². The third-order valence-electron chi connectivity index (χ3n) is 3.58. The standard InChI is InChI=1S/C17H23N5O2/c1-4-22(5-2)16-14(18)15(19-11-20-16)21-13-9-7-12(8-10-13)17(23)24-6-3/h7-11H,4-6,18H2,1-3H3,(H,19,20,21). The molecule has 128 valence electrons. The predicted molar refractivity (Wildman–Crippen MR) is 95.7 cm³/mol. The predicted octanol–water partition coefficient (Wildman–Crippen LogP) is 2.83. The van der Waals surface area contributed by atoms with Crippen molar-refractivity contribution >= 4 is 29.0 Å². The molecule has 0 radical (unpaired) electrons. The van der Waals surface area contributed by atoms with Crippen LogP contribution in [-0.2, 0) is 4.74 Å². The second-order valence-corrected chi connectivity index (χ2v) is 5.05. The van der Waals surface area contributed by atoms with E-state index in [1.165, 1.54) is 6.33 Å². The van der Waals surface area contributed by atoms with Gasteiger partial charge in [-0.1, -0.05) is 0 Å². The first-order valence-electron chi connectivity index (χ1n) is 8.00.